The maximum absolute atomic E-state index is 13.1. The van der Waals surface area contributed by atoms with Crippen LogP contribution in [0.2, 0.25) is 0 Å². The Bertz CT molecular complexity index is 1740. The molecule has 2 aliphatic rings. The third kappa shape index (κ3) is 1.94. The molecule has 7 rings (SSSR count). The molecule has 5 aromatic rings. The molecule has 1 heterocycles. The standard InChI is InChI=1S/C29H19NO4/c1-11-9-18-22-16(26(31)13(3)27(18)32)7-5-14-21-12(2)10-19-23-17(28(33)30(4)29(19)34)8-6-15(25(21)23)20(11)24(14)22/h5-10,13H,1-4H3. The number of aryl methyl sites for hydroxylation is 2. The zero-order chi connectivity index (χ0) is 23.8. The summed E-state index contributed by atoms with van der Waals surface area (Å²) in [4.78, 5) is 53.4. The number of carbonyl (C=O) groups excluding carboxylic acids is 4. The van der Waals surface area contributed by atoms with Gasteiger partial charge in [0.25, 0.3) is 11.8 Å². The number of amides is 2. The Labute approximate surface area is 194 Å². The lowest BCUT2D eigenvalue weighted by Crippen LogP contribution is -2.37. The number of fused-ring (bicyclic) bond motifs is 2. The van der Waals surface area contributed by atoms with Gasteiger partial charge in [0.05, 0.1) is 5.92 Å². The Morgan fingerprint density at radius 2 is 1.06 bits per heavy atom. The van der Waals surface area contributed by atoms with E-state index in [1.807, 2.05) is 44.2 Å². The fourth-order valence-corrected chi connectivity index (χ4v) is 6.30. The van der Waals surface area contributed by atoms with E-state index in [4.69, 9.17) is 0 Å². The van der Waals surface area contributed by atoms with Gasteiger partial charge >= 0.3 is 0 Å². The van der Waals surface area contributed by atoms with Crippen LogP contribution in [0.1, 0.15) is 59.5 Å². The van der Waals surface area contributed by atoms with E-state index in [0.717, 1.165) is 48.8 Å². The van der Waals surface area contributed by atoms with Crippen LogP contribution in [0.3, 0.4) is 0 Å². The van der Waals surface area contributed by atoms with Crippen molar-refractivity contribution in [3.8, 4) is 0 Å². The van der Waals surface area contributed by atoms with Gasteiger partial charge in [0.2, 0.25) is 0 Å². The third-order valence-corrected chi connectivity index (χ3v) is 7.89. The molecule has 5 heteroatoms. The second kappa shape index (κ2) is 5.86. The molecule has 0 radical (unpaired) electrons. The van der Waals surface area contributed by atoms with Crippen molar-refractivity contribution in [3.63, 3.8) is 0 Å². The lowest BCUT2D eigenvalue weighted by Gasteiger charge is -2.28. The highest BCUT2D eigenvalue weighted by atomic mass is 16.2. The molecule has 0 N–H and O–H groups in total. The molecule has 0 saturated carbocycles. The van der Waals surface area contributed by atoms with Gasteiger partial charge in [-0.2, -0.15) is 0 Å². The number of rotatable bonds is 0. The van der Waals surface area contributed by atoms with Crippen molar-refractivity contribution in [2.45, 2.75) is 20.8 Å². The average Bonchev–Trinajstić information content (AvgIpc) is 2.83. The molecule has 34 heavy (non-hydrogen) atoms. The molecule has 0 fully saturated rings. The molecule has 5 aromatic carbocycles. The first kappa shape index (κ1) is 19.4. The van der Waals surface area contributed by atoms with E-state index in [2.05, 4.69) is 0 Å². The monoisotopic (exact) mass is 445 g/mol. The molecule has 1 aliphatic carbocycles. The highest BCUT2D eigenvalue weighted by molar-refractivity contribution is 6.42. The summed E-state index contributed by atoms with van der Waals surface area (Å²) in [5.41, 5.74) is 4.08. The normalized spacial score (nSPS) is 17.9. The predicted molar refractivity (Wildman–Crippen MR) is 131 cm³/mol. The van der Waals surface area contributed by atoms with E-state index in [-0.39, 0.29) is 23.4 Å². The number of hydrogen-bond acceptors (Lipinski definition) is 4. The van der Waals surface area contributed by atoms with Gasteiger partial charge in [-0.15, -0.1) is 0 Å². The number of hydrogen-bond donors (Lipinski definition) is 0. The van der Waals surface area contributed by atoms with Crippen LogP contribution in [0.25, 0.3) is 43.1 Å². The van der Waals surface area contributed by atoms with Gasteiger partial charge < -0.3 is 0 Å². The van der Waals surface area contributed by atoms with Crippen molar-refractivity contribution in [2.24, 2.45) is 5.92 Å². The Morgan fingerprint density at radius 3 is 1.68 bits per heavy atom. The maximum atomic E-state index is 13.1. The molecule has 164 valence electrons. The van der Waals surface area contributed by atoms with Gasteiger partial charge in [-0.25, -0.2) is 0 Å². The van der Waals surface area contributed by atoms with Gasteiger partial charge in [0.1, 0.15) is 0 Å². The van der Waals surface area contributed by atoms with Gasteiger partial charge in [-0.3, -0.25) is 24.1 Å². The second-order valence-electron chi connectivity index (χ2n) is 9.67. The lowest BCUT2D eigenvalue weighted by atomic mass is 9.75. The molecular formula is C29H19NO4. The first-order chi connectivity index (χ1) is 16.2. The van der Waals surface area contributed by atoms with Crippen LogP contribution >= 0.6 is 0 Å². The molecule has 1 atom stereocenters. The summed E-state index contributed by atoms with van der Waals surface area (Å²) in [6, 6.07) is 11.3. The summed E-state index contributed by atoms with van der Waals surface area (Å²) in [7, 11) is 1.51. The van der Waals surface area contributed by atoms with Gasteiger partial charge in [0.15, 0.2) is 11.6 Å². The van der Waals surface area contributed by atoms with Gasteiger partial charge in [-0.1, -0.05) is 18.2 Å². The molecule has 0 bridgehead atoms. The first-order valence-corrected chi connectivity index (χ1v) is 11.3. The highest BCUT2D eigenvalue weighted by Crippen LogP contribution is 2.48. The fraction of sp³-hybridized carbons (Fsp3) is 0.172. The lowest BCUT2D eigenvalue weighted by molar-refractivity contribution is 0.0649. The van der Waals surface area contributed by atoms with Crippen LogP contribution in [-0.4, -0.2) is 35.3 Å². The van der Waals surface area contributed by atoms with Crippen molar-refractivity contribution < 1.29 is 19.2 Å². The minimum absolute atomic E-state index is 0.142. The summed E-state index contributed by atoms with van der Waals surface area (Å²) in [5, 5.41) is 6.97. The molecule has 1 unspecified atom stereocenters. The van der Waals surface area contributed by atoms with Gasteiger partial charge in [0, 0.05) is 40.1 Å². The molecule has 2 amide bonds. The zero-order valence-electron chi connectivity index (χ0n) is 19.1. The number of ketones is 2. The van der Waals surface area contributed by atoms with Crippen LogP contribution in [0.5, 0.6) is 0 Å². The fourth-order valence-electron chi connectivity index (χ4n) is 6.30. The average molecular weight is 445 g/mol. The van der Waals surface area contributed by atoms with Crippen LogP contribution in [-0.2, 0) is 0 Å². The number of benzene rings is 5. The van der Waals surface area contributed by atoms with Crippen LogP contribution in [0.15, 0.2) is 36.4 Å². The van der Waals surface area contributed by atoms with Gasteiger partial charge in [-0.05, 0) is 82.4 Å². The van der Waals surface area contributed by atoms with Crippen molar-refractivity contribution >= 4 is 66.5 Å². The Hall–Kier alpha value is -4.12. The molecule has 0 aromatic heterocycles. The van der Waals surface area contributed by atoms with E-state index in [0.29, 0.717) is 27.6 Å². The molecule has 0 saturated heterocycles. The number of nitrogens with zero attached hydrogens (tertiary/aromatic N) is 1. The van der Waals surface area contributed by atoms with E-state index in [9.17, 15) is 19.2 Å². The summed E-state index contributed by atoms with van der Waals surface area (Å²) in [6.45, 7) is 5.62. The second-order valence-corrected chi connectivity index (χ2v) is 9.67. The van der Waals surface area contributed by atoms with Crippen LogP contribution < -0.4 is 0 Å². The number of imide groups is 1. The van der Waals surface area contributed by atoms with Crippen LogP contribution in [0.4, 0.5) is 0 Å². The smallest absolute Gasteiger partial charge is 0.261 e. The Morgan fingerprint density at radius 1 is 0.588 bits per heavy atom. The van der Waals surface area contributed by atoms with Crippen LogP contribution in [0, 0.1) is 19.8 Å². The summed E-state index contributed by atoms with van der Waals surface area (Å²) in [6.07, 6.45) is 0. The third-order valence-electron chi connectivity index (χ3n) is 7.89. The number of carbonyl (C=O) groups is 4. The molecule has 5 nitrogen and oxygen atoms in total. The van der Waals surface area contributed by atoms with Crippen molar-refractivity contribution in [3.05, 3.63) is 69.8 Å². The maximum Gasteiger partial charge on any atom is 0.261 e. The van der Waals surface area contributed by atoms with E-state index >= 15 is 0 Å². The van der Waals surface area contributed by atoms with Crippen molar-refractivity contribution in [1.29, 1.82) is 0 Å². The highest BCUT2D eigenvalue weighted by Gasteiger charge is 2.36. The van der Waals surface area contributed by atoms with E-state index < -0.39 is 5.92 Å². The van der Waals surface area contributed by atoms with Crippen molar-refractivity contribution in [1.82, 2.24) is 4.90 Å². The molecule has 0 spiro atoms. The quantitative estimate of drug-likeness (QED) is 0.135. The minimum Gasteiger partial charge on any atom is -0.293 e. The molecular weight excluding hydrogens is 426 g/mol. The zero-order valence-corrected chi connectivity index (χ0v) is 19.1. The minimum atomic E-state index is -0.691. The largest absolute Gasteiger partial charge is 0.293 e. The number of Topliss-reactive ketones (excluding diaryl/α,β-unsaturated/α-hetero) is 2. The summed E-state index contributed by atoms with van der Waals surface area (Å²) in [5.74, 6) is -1.59. The van der Waals surface area contributed by atoms with E-state index in [1.54, 1.807) is 13.0 Å². The Balaban J connectivity index is 1.83. The summed E-state index contributed by atoms with van der Waals surface area (Å²) < 4.78 is 0. The Kier molecular flexibility index (Phi) is 3.34. The van der Waals surface area contributed by atoms with Crippen molar-refractivity contribution in [2.75, 3.05) is 7.05 Å². The van der Waals surface area contributed by atoms with E-state index in [1.165, 1.54) is 11.9 Å². The SMILES string of the molecule is Cc1cc2c3c(ccc4c5c(C)cc6c7c(ccc(c1c34)c75)C(=O)N(C)C6=O)C(=O)C(C)C2=O. The first-order valence-electron chi connectivity index (χ1n) is 11.3. The topological polar surface area (TPSA) is 71.5 Å². The molecule has 1 aliphatic heterocycles. The predicted octanol–water partition coefficient (Wildman–Crippen LogP) is 5.59. The summed E-state index contributed by atoms with van der Waals surface area (Å²) >= 11 is 0.